The number of hydrogen-bond donors (Lipinski definition) is 0. The second-order valence-corrected chi connectivity index (χ2v) is 11.1. The Hall–Kier alpha value is -2.58. The van der Waals surface area contributed by atoms with E-state index in [1.165, 1.54) is 47.8 Å². The number of carbonyl (C=O) groups is 1. The average molecular weight is 516 g/mol. The summed E-state index contributed by atoms with van der Waals surface area (Å²) in [7, 11) is 0. The molecule has 2 aromatic carbocycles. The fraction of sp³-hybridized carbons (Fsp3) is 0.346. The van der Waals surface area contributed by atoms with Crippen molar-refractivity contribution in [2.75, 3.05) is 0 Å². The van der Waals surface area contributed by atoms with Crippen LogP contribution in [0.4, 0.5) is 13.2 Å². The largest absolute Gasteiger partial charge is 0.416 e. The molecule has 2 fully saturated rings. The third-order valence-electron chi connectivity index (χ3n) is 7.35. The normalized spacial score (nSPS) is 25.3. The van der Waals surface area contributed by atoms with E-state index in [0.717, 1.165) is 34.4 Å². The topological polar surface area (TPSA) is 47.2 Å². The highest BCUT2D eigenvalue weighted by atomic mass is 35.5. The van der Waals surface area contributed by atoms with Crippen molar-refractivity contribution in [2.24, 2.45) is 22.7 Å². The van der Waals surface area contributed by atoms with Crippen LogP contribution in [0.3, 0.4) is 0 Å². The van der Waals surface area contributed by atoms with E-state index in [1.54, 1.807) is 6.20 Å². The van der Waals surface area contributed by atoms with Gasteiger partial charge in [-0.2, -0.15) is 18.3 Å². The van der Waals surface area contributed by atoms with Crippen molar-refractivity contribution in [2.45, 2.75) is 38.4 Å². The van der Waals surface area contributed by atoms with Crippen molar-refractivity contribution in [1.82, 2.24) is 9.78 Å². The van der Waals surface area contributed by atoms with Gasteiger partial charge in [0.25, 0.3) is 5.91 Å². The molecule has 1 amide bonds. The summed E-state index contributed by atoms with van der Waals surface area (Å²) in [4.78, 5) is 17.6. The van der Waals surface area contributed by atoms with Gasteiger partial charge in [0.15, 0.2) is 0 Å². The Morgan fingerprint density at radius 1 is 1.14 bits per heavy atom. The fourth-order valence-corrected chi connectivity index (χ4v) is 7.01. The van der Waals surface area contributed by atoms with E-state index in [-0.39, 0.29) is 23.0 Å². The lowest BCUT2D eigenvalue weighted by Crippen LogP contribution is -2.17. The van der Waals surface area contributed by atoms with Gasteiger partial charge in [-0.3, -0.25) is 9.48 Å². The molecule has 4 nitrogen and oxygen atoms in total. The Morgan fingerprint density at radius 3 is 2.74 bits per heavy atom. The van der Waals surface area contributed by atoms with Crippen LogP contribution in [-0.4, -0.2) is 20.7 Å². The summed E-state index contributed by atoms with van der Waals surface area (Å²) in [5, 5.41) is 6.10. The van der Waals surface area contributed by atoms with E-state index in [1.807, 2.05) is 24.3 Å². The third-order valence-corrected chi connectivity index (χ3v) is 8.70. The maximum absolute atomic E-state index is 13.5. The molecule has 2 unspecified atom stereocenters. The van der Waals surface area contributed by atoms with Gasteiger partial charge in [0.2, 0.25) is 0 Å². The number of halogens is 4. The minimum atomic E-state index is -4.51. The molecular formula is C26H21ClF3N3OS. The molecule has 2 heterocycles. The second-order valence-electron chi connectivity index (χ2n) is 9.57. The molecule has 1 aromatic heterocycles. The molecule has 6 rings (SSSR count). The summed E-state index contributed by atoms with van der Waals surface area (Å²) in [6.07, 6.45) is 3.91. The molecule has 9 heteroatoms. The van der Waals surface area contributed by atoms with Gasteiger partial charge in [0.1, 0.15) is 0 Å². The lowest BCUT2D eigenvalue weighted by Gasteiger charge is -2.20. The number of thioether (sulfide) groups is 1. The first kappa shape index (κ1) is 22.9. The summed E-state index contributed by atoms with van der Waals surface area (Å²) >= 11 is 7.29. The van der Waals surface area contributed by atoms with Crippen LogP contribution >= 0.6 is 23.4 Å². The molecule has 180 valence electrons. The van der Waals surface area contributed by atoms with Gasteiger partial charge in [0.05, 0.1) is 33.8 Å². The molecule has 2 saturated carbocycles. The SMILES string of the molecule is O=C1N=C([C@H]2CC3CCC2C3)SC1=Cc1ccc2c(cnn2Cc2ccc(Cl)cc2C(F)(F)F)c1. The first-order chi connectivity index (χ1) is 16.7. The standard InChI is InChI=1S/C26H21ClF3N3OS/c27-19-5-4-17(21(11-19)26(28,29)30)13-33-22-6-2-15(8-18(22)12-31-33)10-23-24(34)32-25(35-23)20-9-14-1-3-16(20)7-14/h2,4-6,8,10-12,14,16,20H,1,3,7,9,13H2/t14?,16?,20-/m0/s1. The van der Waals surface area contributed by atoms with Crippen molar-refractivity contribution in [1.29, 1.82) is 0 Å². The van der Waals surface area contributed by atoms with E-state index in [4.69, 9.17) is 11.6 Å². The average Bonchev–Trinajstić information content (AvgIpc) is 3.59. The summed E-state index contributed by atoms with van der Waals surface area (Å²) in [5.41, 5.74) is 0.869. The quantitative estimate of drug-likeness (QED) is 0.345. The zero-order chi connectivity index (χ0) is 24.3. The van der Waals surface area contributed by atoms with Gasteiger partial charge in [-0.05, 0) is 72.6 Å². The van der Waals surface area contributed by atoms with Crippen molar-refractivity contribution in [3.8, 4) is 0 Å². The van der Waals surface area contributed by atoms with Gasteiger partial charge in [-0.1, -0.05) is 41.9 Å². The van der Waals surface area contributed by atoms with Gasteiger partial charge in [-0.25, -0.2) is 4.99 Å². The maximum Gasteiger partial charge on any atom is 0.416 e. The van der Waals surface area contributed by atoms with Crippen molar-refractivity contribution >= 4 is 51.3 Å². The third kappa shape index (κ3) is 4.31. The van der Waals surface area contributed by atoms with Gasteiger partial charge in [0, 0.05) is 16.3 Å². The van der Waals surface area contributed by atoms with Crippen LogP contribution in [0.15, 0.2) is 52.5 Å². The number of hydrogen-bond acceptors (Lipinski definition) is 3. The number of nitrogens with zero attached hydrogens (tertiary/aromatic N) is 3. The van der Waals surface area contributed by atoms with Crippen LogP contribution in [0.5, 0.6) is 0 Å². The number of benzene rings is 2. The first-order valence-electron chi connectivity index (χ1n) is 11.6. The van der Waals surface area contributed by atoms with Crippen molar-refractivity contribution in [3.05, 3.63) is 69.2 Å². The van der Waals surface area contributed by atoms with Crippen molar-refractivity contribution < 1.29 is 18.0 Å². The molecular weight excluding hydrogens is 495 g/mol. The summed E-state index contributed by atoms with van der Waals surface area (Å²) in [5.74, 6) is 1.68. The summed E-state index contributed by atoms with van der Waals surface area (Å²) in [6, 6.07) is 9.33. The zero-order valence-electron chi connectivity index (χ0n) is 18.6. The molecule has 3 aromatic rings. The Bertz CT molecular complexity index is 1410. The number of aliphatic imine (C=N–C) groups is 1. The fourth-order valence-electron chi connectivity index (χ4n) is 5.72. The molecule has 3 atom stereocenters. The van der Waals surface area contributed by atoms with Crippen LogP contribution in [0, 0.1) is 17.8 Å². The Labute approximate surface area is 209 Å². The predicted molar refractivity (Wildman–Crippen MR) is 132 cm³/mol. The molecule has 0 N–H and O–H groups in total. The second kappa shape index (κ2) is 8.52. The Morgan fingerprint density at radius 2 is 2.00 bits per heavy atom. The van der Waals surface area contributed by atoms with Crippen molar-refractivity contribution in [3.63, 3.8) is 0 Å². The number of rotatable bonds is 4. The minimum Gasteiger partial charge on any atom is -0.266 e. The number of alkyl halides is 3. The van der Waals surface area contributed by atoms with Crippen LogP contribution in [-0.2, 0) is 17.5 Å². The summed E-state index contributed by atoms with van der Waals surface area (Å²) in [6.45, 7) is -0.0367. The van der Waals surface area contributed by atoms with E-state index < -0.39 is 11.7 Å². The maximum atomic E-state index is 13.5. The van der Waals surface area contributed by atoms with E-state index in [2.05, 4.69) is 10.1 Å². The Kier molecular flexibility index (Phi) is 5.56. The molecule has 3 aliphatic rings. The minimum absolute atomic E-state index is 0.0367. The molecule has 35 heavy (non-hydrogen) atoms. The van der Waals surface area contributed by atoms with Gasteiger partial charge >= 0.3 is 6.18 Å². The number of aromatic nitrogens is 2. The van der Waals surface area contributed by atoms with Crippen LogP contribution in [0.1, 0.15) is 42.4 Å². The van der Waals surface area contributed by atoms with Gasteiger partial charge in [-0.15, -0.1) is 0 Å². The predicted octanol–water partition coefficient (Wildman–Crippen LogP) is 7.21. The van der Waals surface area contributed by atoms with Gasteiger partial charge < -0.3 is 0 Å². The number of fused-ring (bicyclic) bond motifs is 3. The highest BCUT2D eigenvalue weighted by molar-refractivity contribution is 8.18. The molecule has 0 spiro atoms. The number of carbonyl (C=O) groups excluding carboxylic acids is 1. The lowest BCUT2D eigenvalue weighted by molar-refractivity contribution is -0.138. The molecule has 2 aliphatic carbocycles. The number of amides is 1. The molecule has 2 bridgehead atoms. The highest BCUT2D eigenvalue weighted by Crippen LogP contribution is 2.51. The van der Waals surface area contributed by atoms with E-state index >= 15 is 0 Å². The zero-order valence-corrected chi connectivity index (χ0v) is 20.1. The lowest BCUT2D eigenvalue weighted by atomic mass is 9.90. The van der Waals surface area contributed by atoms with Crippen LogP contribution < -0.4 is 0 Å². The van der Waals surface area contributed by atoms with E-state index in [9.17, 15) is 18.0 Å². The summed E-state index contributed by atoms with van der Waals surface area (Å²) < 4.78 is 42.0. The van der Waals surface area contributed by atoms with E-state index in [0.29, 0.717) is 22.3 Å². The smallest absolute Gasteiger partial charge is 0.266 e. The molecule has 0 saturated heterocycles. The first-order valence-corrected chi connectivity index (χ1v) is 12.8. The molecule has 1 aliphatic heterocycles. The van der Waals surface area contributed by atoms with Crippen LogP contribution in [0.2, 0.25) is 5.02 Å². The highest BCUT2D eigenvalue weighted by Gasteiger charge is 2.44. The Balaban J connectivity index is 1.23. The monoisotopic (exact) mass is 515 g/mol. The molecule has 0 radical (unpaired) electrons. The van der Waals surface area contributed by atoms with Crippen LogP contribution in [0.25, 0.3) is 17.0 Å².